The van der Waals surface area contributed by atoms with Crippen molar-refractivity contribution in [1.82, 2.24) is 15.0 Å². The maximum Gasteiger partial charge on any atom is 0.357 e. The summed E-state index contributed by atoms with van der Waals surface area (Å²) in [6.07, 6.45) is 4.53. The lowest BCUT2D eigenvalue weighted by Crippen LogP contribution is -2.25. The van der Waals surface area contributed by atoms with Crippen LogP contribution >= 0.6 is 0 Å². The molecule has 27 heavy (non-hydrogen) atoms. The van der Waals surface area contributed by atoms with Gasteiger partial charge in [-0.1, -0.05) is 24.3 Å². The molecule has 9 heteroatoms. The van der Waals surface area contributed by atoms with E-state index in [1.165, 1.54) is 6.08 Å². The number of rotatable bonds is 6. The third kappa shape index (κ3) is 4.54. The van der Waals surface area contributed by atoms with E-state index >= 15 is 0 Å². The summed E-state index contributed by atoms with van der Waals surface area (Å²) in [7, 11) is 0. The molecule has 1 aromatic carbocycles. The number of nitrogens with one attached hydrogen (secondary N) is 2. The van der Waals surface area contributed by atoms with Crippen LogP contribution in [0.2, 0.25) is 0 Å². The van der Waals surface area contributed by atoms with E-state index in [1.54, 1.807) is 36.5 Å². The number of hydrogen-bond acceptors (Lipinski definition) is 6. The van der Waals surface area contributed by atoms with Crippen LogP contribution in [0.1, 0.15) is 17.0 Å². The molecular formula is C18H14N4O5. The van der Waals surface area contributed by atoms with E-state index in [0.717, 1.165) is 5.69 Å². The fraction of sp³-hybridized carbons (Fsp3) is 0.0556. The Bertz CT molecular complexity index is 1090. The summed E-state index contributed by atoms with van der Waals surface area (Å²) < 4.78 is 5.62. The predicted molar refractivity (Wildman–Crippen MR) is 98.3 cm³/mol. The van der Waals surface area contributed by atoms with Crippen molar-refractivity contribution in [2.45, 2.75) is 6.61 Å². The fourth-order valence-electron chi connectivity index (χ4n) is 2.29. The number of H-pyrrole nitrogens is 2. The van der Waals surface area contributed by atoms with Crippen molar-refractivity contribution in [3.63, 3.8) is 0 Å². The number of benzene rings is 1. The zero-order valence-electron chi connectivity index (χ0n) is 13.9. The average Bonchev–Trinajstić information content (AvgIpc) is 2.65. The van der Waals surface area contributed by atoms with Gasteiger partial charge in [0.1, 0.15) is 18.1 Å². The second kappa shape index (κ2) is 7.91. The highest BCUT2D eigenvalue weighted by molar-refractivity contribution is 5.71. The van der Waals surface area contributed by atoms with E-state index in [-0.39, 0.29) is 5.69 Å². The van der Waals surface area contributed by atoms with Crippen LogP contribution in [0.15, 0.2) is 58.3 Å². The predicted octanol–water partition coefficient (Wildman–Crippen LogP) is 2.12. The lowest BCUT2D eigenvalue weighted by molar-refractivity contribution is -0.386. The van der Waals surface area contributed by atoms with Crippen molar-refractivity contribution in [3.05, 3.63) is 96.6 Å². The Morgan fingerprint density at radius 3 is 2.52 bits per heavy atom. The lowest BCUT2D eigenvalue weighted by Gasteiger charge is -2.05. The number of ether oxygens (including phenoxy) is 1. The van der Waals surface area contributed by atoms with Gasteiger partial charge in [0.05, 0.1) is 10.6 Å². The van der Waals surface area contributed by atoms with Crippen LogP contribution in [0.25, 0.3) is 12.2 Å². The second-order valence-electron chi connectivity index (χ2n) is 5.44. The number of aromatic amines is 2. The molecule has 0 unspecified atom stereocenters. The highest BCUT2D eigenvalue weighted by Crippen LogP contribution is 2.17. The Morgan fingerprint density at radius 1 is 1.07 bits per heavy atom. The molecule has 2 aromatic heterocycles. The monoisotopic (exact) mass is 366 g/mol. The van der Waals surface area contributed by atoms with Crippen LogP contribution in [0.4, 0.5) is 5.69 Å². The first-order valence-corrected chi connectivity index (χ1v) is 7.85. The van der Waals surface area contributed by atoms with Crippen molar-refractivity contribution in [1.29, 1.82) is 0 Å². The number of hydrogen-bond donors (Lipinski definition) is 2. The number of pyridine rings is 1. The molecule has 2 N–H and O–H groups in total. The molecule has 0 amide bonds. The van der Waals surface area contributed by atoms with Gasteiger partial charge in [-0.15, -0.1) is 0 Å². The van der Waals surface area contributed by atoms with Gasteiger partial charge in [0, 0.05) is 6.20 Å². The molecule has 0 aliphatic rings. The molecule has 0 bridgehead atoms. The molecule has 0 fully saturated rings. The van der Waals surface area contributed by atoms with Crippen molar-refractivity contribution < 1.29 is 9.66 Å². The summed E-state index contributed by atoms with van der Waals surface area (Å²) in [6.45, 7) is 0.330. The van der Waals surface area contributed by atoms with E-state index < -0.39 is 21.9 Å². The largest absolute Gasteiger partial charge is 0.487 e. The Hall–Kier alpha value is -4.01. The summed E-state index contributed by atoms with van der Waals surface area (Å²) in [5.41, 5.74) is -1.27. The average molecular weight is 366 g/mol. The van der Waals surface area contributed by atoms with Crippen LogP contribution in [0.5, 0.6) is 5.75 Å². The van der Waals surface area contributed by atoms with E-state index in [4.69, 9.17) is 4.74 Å². The molecule has 9 nitrogen and oxygen atoms in total. The summed E-state index contributed by atoms with van der Waals surface area (Å²) in [6, 6.07) is 12.5. The SMILES string of the molecule is O=c1[nH]c(/C=C/c2ccc(OCc3ccccn3)cc2)c([N+](=O)[O-])c(=O)[nH]1. The molecule has 0 spiro atoms. The minimum absolute atomic E-state index is 0.177. The molecule has 0 saturated carbocycles. The number of nitrogens with zero attached hydrogens (tertiary/aromatic N) is 2. The van der Waals surface area contributed by atoms with Gasteiger partial charge in [-0.3, -0.25) is 24.9 Å². The van der Waals surface area contributed by atoms with E-state index in [0.29, 0.717) is 17.9 Å². The third-order valence-corrected chi connectivity index (χ3v) is 3.56. The number of nitro groups is 1. The Balaban J connectivity index is 1.74. The van der Waals surface area contributed by atoms with Crippen LogP contribution in [0.3, 0.4) is 0 Å². The normalized spacial score (nSPS) is 10.8. The summed E-state index contributed by atoms with van der Waals surface area (Å²) in [5.74, 6) is 0.633. The fourth-order valence-corrected chi connectivity index (χ4v) is 2.29. The highest BCUT2D eigenvalue weighted by Gasteiger charge is 2.18. The van der Waals surface area contributed by atoms with Gasteiger partial charge < -0.3 is 9.72 Å². The third-order valence-electron chi connectivity index (χ3n) is 3.56. The van der Waals surface area contributed by atoms with Gasteiger partial charge in [-0.05, 0) is 35.9 Å². The zero-order chi connectivity index (χ0) is 19.2. The molecule has 2 heterocycles. The first-order valence-electron chi connectivity index (χ1n) is 7.85. The van der Waals surface area contributed by atoms with Crippen molar-refractivity contribution >= 4 is 17.8 Å². The molecule has 0 radical (unpaired) electrons. The lowest BCUT2D eigenvalue weighted by atomic mass is 10.2. The van der Waals surface area contributed by atoms with Crippen LogP contribution in [0, 0.1) is 10.1 Å². The maximum atomic E-state index is 11.6. The van der Waals surface area contributed by atoms with Gasteiger partial charge >= 0.3 is 16.9 Å². The Kier molecular flexibility index (Phi) is 5.22. The van der Waals surface area contributed by atoms with Crippen LogP contribution < -0.4 is 16.0 Å². The van der Waals surface area contributed by atoms with E-state index in [9.17, 15) is 19.7 Å². The van der Waals surface area contributed by atoms with Gasteiger partial charge in [0.25, 0.3) is 0 Å². The van der Waals surface area contributed by atoms with Crippen molar-refractivity contribution in [2.24, 2.45) is 0 Å². The van der Waals surface area contributed by atoms with Crippen molar-refractivity contribution in [2.75, 3.05) is 0 Å². The highest BCUT2D eigenvalue weighted by atomic mass is 16.6. The molecule has 0 saturated heterocycles. The maximum absolute atomic E-state index is 11.6. The molecule has 3 rings (SSSR count). The summed E-state index contributed by atoms with van der Waals surface area (Å²) >= 11 is 0. The Labute approximate surface area is 152 Å². The van der Waals surface area contributed by atoms with Crippen molar-refractivity contribution in [3.8, 4) is 5.75 Å². The smallest absolute Gasteiger partial charge is 0.357 e. The molecule has 3 aromatic rings. The first-order chi connectivity index (χ1) is 13.0. The number of aromatic nitrogens is 3. The quantitative estimate of drug-likeness (QED) is 0.507. The second-order valence-corrected chi connectivity index (χ2v) is 5.44. The standard InChI is InChI=1S/C18H14N4O5/c23-17-16(22(25)26)15(20-18(24)21-17)9-6-12-4-7-14(8-5-12)27-11-13-3-1-2-10-19-13/h1-10H,11H2,(H2,20,21,23,24)/b9-6+. The topological polar surface area (TPSA) is 131 Å². The summed E-state index contributed by atoms with van der Waals surface area (Å²) in [4.78, 5) is 41.3. The molecule has 0 aliphatic carbocycles. The Morgan fingerprint density at radius 2 is 1.85 bits per heavy atom. The van der Waals surface area contributed by atoms with Crippen LogP contribution in [-0.4, -0.2) is 19.9 Å². The summed E-state index contributed by atoms with van der Waals surface area (Å²) in [5, 5.41) is 11.0. The van der Waals surface area contributed by atoms with Gasteiger partial charge in [0.2, 0.25) is 0 Å². The first kappa shape index (κ1) is 17.8. The minimum atomic E-state index is -1.05. The molecule has 136 valence electrons. The van der Waals surface area contributed by atoms with Gasteiger partial charge in [-0.2, -0.15) is 0 Å². The molecule has 0 aliphatic heterocycles. The minimum Gasteiger partial charge on any atom is -0.487 e. The van der Waals surface area contributed by atoms with E-state index in [1.807, 2.05) is 23.2 Å². The zero-order valence-corrected chi connectivity index (χ0v) is 13.9. The molecular weight excluding hydrogens is 352 g/mol. The van der Waals surface area contributed by atoms with E-state index in [2.05, 4.69) is 9.97 Å². The molecule has 0 atom stereocenters. The van der Waals surface area contributed by atoms with Gasteiger partial charge in [-0.25, -0.2) is 4.79 Å². The van der Waals surface area contributed by atoms with Gasteiger partial charge in [0.15, 0.2) is 0 Å². The van der Waals surface area contributed by atoms with Crippen LogP contribution in [-0.2, 0) is 6.61 Å².